The number of carboxylic acid groups (broad SMARTS) is 1. The van der Waals surface area contributed by atoms with Crippen LogP contribution in [0.4, 0.5) is 0 Å². The molecule has 2 aromatic carbocycles. The third-order valence-electron chi connectivity index (χ3n) is 3.83. The molecule has 0 radical (unpaired) electrons. The number of carbonyl (C=O) groups is 1. The maximum Gasteiger partial charge on any atom is 0.325 e. The molecule has 0 aliphatic heterocycles. The first-order chi connectivity index (χ1) is 9.99. The number of hydrogen-bond donors (Lipinski definition) is 2. The van der Waals surface area contributed by atoms with Crippen molar-refractivity contribution in [2.75, 3.05) is 0 Å². The number of benzene rings is 2. The Labute approximate surface area is 125 Å². The molecule has 0 amide bonds. The summed E-state index contributed by atoms with van der Waals surface area (Å²) in [5, 5.41) is 12.5. The van der Waals surface area contributed by atoms with Gasteiger partial charge in [-0.05, 0) is 48.6 Å². The molecule has 0 unspecified atom stereocenters. The average molecular weight is 283 g/mol. The van der Waals surface area contributed by atoms with Gasteiger partial charge in [0.05, 0.1) is 0 Å². The summed E-state index contributed by atoms with van der Waals surface area (Å²) in [6.45, 7) is 6.76. The molecule has 0 aliphatic rings. The first-order valence-corrected chi connectivity index (χ1v) is 7.07. The Morgan fingerprint density at radius 1 is 1.05 bits per heavy atom. The van der Waals surface area contributed by atoms with Crippen LogP contribution in [0.3, 0.4) is 0 Å². The van der Waals surface area contributed by atoms with Gasteiger partial charge in [0.25, 0.3) is 0 Å². The van der Waals surface area contributed by atoms with Gasteiger partial charge in [0.1, 0.15) is 6.04 Å². The zero-order chi connectivity index (χ0) is 15.4. The van der Waals surface area contributed by atoms with Gasteiger partial charge in [0, 0.05) is 6.54 Å². The molecule has 1 atom stereocenters. The van der Waals surface area contributed by atoms with Gasteiger partial charge in [-0.1, -0.05) is 42.5 Å². The first-order valence-electron chi connectivity index (χ1n) is 7.07. The second-order valence-electron chi connectivity index (χ2n) is 5.43. The van der Waals surface area contributed by atoms with Crippen LogP contribution in [-0.2, 0) is 11.3 Å². The monoisotopic (exact) mass is 283 g/mol. The number of rotatable bonds is 5. The molecular formula is C18H21NO2. The Hall–Kier alpha value is -2.13. The van der Waals surface area contributed by atoms with Crippen molar-refractivity contribution in [2.45, 2.75) is 33.4 Å². The molecule has 2 rings (SSSR count). The molecule has 21 heavy (non-hydrogen) atoms. The van der Waals surface area contributed by atoms with Gasteiger partial charge in [-0.15, -0.1) is 0 Å². The molecule has 3 heteroatoms. The van der Waals surface area contributed by atoms with E-state index >= 15 is 0 Å². The molecule has 2 N–H and O–H groups in total. The van der Waals surface area contributed by atoms with E-state index in [9.17, 15) is 9.90 Å². The van der Waals surface area contributed by atoms with Gasteiger partial charge in [0.15, 0.2) is 0 Å². The van der Waals surface area contributed by atoms with Crippen molar-refractivity contribution in [1.82, 2.24) is 5.32 Å². The van der Waals surface area contributed by atoms with Gasteiger partial charge in [0.2, 0.25) is 0 Å². The molecule has 0 aliphatic carbocycles. The SMILES string of the molecule is Cc1cc(C)c(CN[C@@H](C(=O)O)c2ccccc2)cc1C. The highest BCUT2D eigenvalue weighted by molar-refractivity contribution is 5.75. The van der Waals surface area contributed by atoms with Crippen LogP contribution in [0.15, 0.2) is 42.5 Å². The quantitative estimate of drug-likeness (QED) is 0.882. The molecule has 3 nitrogen and oxygen atoms in total. The summed E-state index contributed by atoms with van der Waals surface area (Å²) in [7, 11) is 0. The summed E-state index contributed by atoms with van der Waals surface area (Å²) in [6, 6.07) is 12.8. The van der Waals surface area contributed by atoms with E-state index in [0.717, 1.165) is 11.1 Å². The lowest BCUT2D eigenvalue weighted by atomic mass is 10.00. The van der Waals surface area contributed by atoms with Crippen molar-refractivity contribution < 1.29 is 9.90 Å². The zero-order valence-corrected chi connectivity index (χ0v) is 12.7. The molecule has 0 saturated carbocycles. The lowest BCUT2D eigenvalue weighted by Gasteiger charge is -2.17. The summed E-state index contributed by atoms with van der Waals surface area (Å²) in [4.78, 5) is 11.5. The molecule has 0 spiro atoms. The Kier molecular flexibility index (Phi) is 4.76. The van der Waals surface area contributed by atoms with Crippen LogP contribution in [-0.4, -0.2) is 11.1 Å². The number of carboxylic acids is 1. The number of aryl methyl sites for hydroxylation is 3. The minimum Gasteiger partial charge on any atom is -0.480 e. The minimum atomic E-state index is -0.859. The van der Waals surface area contributed by atoms with Crippen molar-refractivity contribution in [3.8, 4) is 0 Å². The standard InChI is InChI=1S/C18H21NO2/c1-12-9-14(3)16(10-13(12)2)11-19-17(18(20)21)15-7-5-4-6-8-15/h4-10,17,19H,11H2,1-3H3,(H,20,21)/t17-/m1/s1. The minimum absolute atomic E-state index is 0.540. The normalized spacial score (nSPS) is 12.1. The maximum absolute atomic E-state index is 11.5. The largest absolute Gasteiger partial charge is 0.480 e. The summed E-state index contributed by atoms with van der Waals surface area (Å²) in [6.07, 6.45) is 0. The Balaban J connectivity index is 2.17. The first kappa shape index (κ1) is 15.3. The highest BCUT2D eigenvalue weighted by Crippen LogP contribution is 2.18. The molecule has 110 valence electrons. The highest BCUT2D eigenvalue weighted by Gasteiger charge is 2.19. The summed E-state index contributed by atoms with van der Waals surface area (Å²) >= 11 is 0. The van der Waals surface area contributed by atoms with Crippen LogP contribution in [0.1, 0.15) is 33.9 Å². The van der Waals surface area contributed by atoms with E-state index in [1.165, 1.54) is 16.7 Å². The third-order valence-corrected chi connectivity index (χ3v) is 3.83. The predicted octanol–water partition coefficient (Wildman–Crippen LogP) is 3.53. The topological polar surface area (TPSA) is 49.3 Å². The Morgan fingerprint density at radius 2 is 1.67 bits per heavy atom. The van der Waals surface area contributed by atoms with Crippen LogP contribution in [0.25, 0.3) is 0 Å². The van der Waals surface area contributed by atoms with Gasteiger partial charge in [-0.25, -0.2) is 0 Å². The number of nitrogens with one attached hydrogen (secondary N) is 1. The predicted molar refractivity (Wildman–Crippen MR) is 84.3 cm³/mol. The van der Waals surface area contributed by atoms with Crippen LogP contribution in [0.5, 0.6) is 0 Å². The molecular weight excluding hydrogens is 262 g/mol. The van der Waals surface area contributed by atoms with E-state index in [0.29, 0.717) is 6.54 Å². The van der Waals surface area contributed by atoms with E-state index in [2.05, 4.69) is 38.2 Å². The van der Waals surface area contributed by atoms with Gasteiger partial charge >= 0.3 is 5.97 Å². The Morgan fingerprint density at radius 3 is 2.29 bits per heavy atom. The maximum atomic E-state index is 11.5. The van der Waals surface area contributed by atoms with Gasteiger partial charge < -0.3 is 5.11 Å². The fourth-order valence-electron chi connectivity index (χ4n) is 2.42. The van der Waals surface area contributed by atoms with Crippen molar-refractivity contribution >= 4 is 5.97 Å². The van der Waals surface area contributed by atoms with Crippen molar-refractivity contribution in [3.63, 3.8) is 0 Å². The molecule has 0 aromatic heterocycles. The smallest absolute Gasteiger partial charge is 0.325 e. The third kappa shape index (κ3) is 3.70. The van der Waals surface area contributed by atoms with Crippen LogP contribution < -0.4 is 5.32 Å². The van der Waals surface area contributed by atoms with E-state index in [-0.39, 0.29) is 0 Å². The summed E-state index contributed by atoms with van der Waals surface area (Å²) < 4.78 is 0. The van der Waals surface area contributed by atoms with Crippen LogP contribution in [0, 0.1) is 20.8 Å². The average Bonchev–Trinajstić information content (AvgIpc) is 2.45. The summed E-state index contributed by atoms with van der Waals surface area (Å²) in [5.41, 5.74) is 5.58. The van der Waals surface area contributed by atoms with Crippen molar-refractivity contribution in [3.05, 3.63) is 70.3 Å². The molecule has 2 aromatic rings. The van der Waals surface area contributed by atoms with E-state index in [4.69, 9.17) is 0 Å². The molecule has 0 saturated heterocycles. The van der Waals surface area contributed by atoms with Crippen molar-refractivity contribution in [1.29, 1.82) is 0 Å². The lowest BCUT2D eigenvalue weighted by molar-refractivity contribution is -0.139. The highest BCUT2D eigenvalue weighted by atomic mass is 16.4. The lowest BCUT2D eigenvalue weighted by Crippen LogP contribution is -2.28. The fourth-order valence-corrected chi connectivity index (χ4v) is 2.42. The Bertz CT molecular complexity index is 635. The molecule has 0 bridgehead atoms. The van der Waals surface area contributed by atoms with Crippen LogP contribution in [0.2, 0.25) is 0 Å². The second kappa shape index (κ2) is 6.55. The van der Waals surface area contributed by atoms with Crippen molar-refractivity contribution in [2.24, 2.45) is 0 Å². The van der Waals surface area contributed by atoms with Gasteiger partial charge in [-0.3, -0.25) is 10.1 Å². The summed E-state index contributed by atoms with van der Waals surface area (Å²) in [5.74, 6) is -0.859. The molecule has 0 heterocycles. The fraction of sp³-hybridized carbons (Fsp3) is 0.278. The molecule has 0 fully saturated rings. The van der Waals surface area contributed by atoms with E-state index in [1.54, 1.807) is 0 Å². The zero-order valence-electron chi connectivity index (χ0n) is 12.7. The van der Waals surface area contributed by atoms with E-state index < -0.39 is 12.0 Å². The van der Waals surface area contributed by atoms with Gasteiger partial charge in [-0.2, -0.15) is 0 Å². The number of hydrogen-bond acceptors (Lipinski definition) is 2. The number of aliphatic carboxylic acids is 1. The van der Waals surface area contributed by atoms with E-state index in [1.807, 2.05) is 30.3 Å². The van der Waals surface area contributed by atoms with Crippen LogP contribution >= 0.6 is 0 Å². The second-order valence-corrected chi connectivity index (χ2v) is 5.43.